The molecular weight excluding hydrogens is 344 g/mol. The normalized spacial score (nSPS) is 10.6. The number of aromatic nitrogens is 3. The van der Waals surface area contributed by atoms with Crippen LogP contribution >= 0.6 is 11.6 Å². The molecular formula is C17H13ClN4O3. The van der Waals surface area contributed by atoms with Crippen LogP contribution in [0.5, 0.6) is 0 Å². The van der Waals surface area contributed by atoms with Gasteiger partial charge < -0.3 is 10.8 Å². The average Bonchev–Trinajstić information content (AvgIpc) is 2.59. The maximum Gasteiger partial charge on any atom is 0.340 e. The van der Waals surface area contributed by atoms with E-state index in [2.05, 4.69) is 10.1 Å². The second-order valence-corrected chi connectivity index (χ2v) is 5.71. The van der Waals surface area contributed by atoms with Gasteiger partial charge in [-0.05, 0) is 29.8 Å². The van der Waals surface area contributed by atoms with Crippen molar-refractivity contribution < 1.29 is 9.90 Å². The van der Waals surface area contributed by atoms with Crippen molar-refractivity contribution in [3.05, 3.63) is 75.3 Å². The summed E-state index contributed by atoms with van der Waals surface area (Å²) < 4.78 is 1.12. The van der Waals surface area contributed by atoms with Crippen molar-refractivity contribution in [3.8, 4) is 11.3 Å². The number of nitrogens with two attached hydrogens (primary N) is 1. The first-order valence-corrected chi connectivity index (χ1v) is 7.64. The Balaban J connectivity index is 2.19. The largest absolute Gasteiger partial charge is 0.478 e. The van der Waals surface area contributed by atoms with E-state index < -0.39 is 11.5 Å². The number of nitrogen functional groups attached to an aromatic ring is 1. The number of pyridine rings is 1. The number of halogens is 1. The predicted molar refractivity (Wildman–Crippen MR) is 93.7 cm³/mol. The zero-order valence-electron chi connectivity index (χ0n) is 12.9. The van der Waals surface area contributed by atoms with Gasteiger partial charge in [-0.3, -0.25) is 9.78 Å². The molecule has 0 aliphatic rings. The van der Waals surface area contributed by atoms with Crippen LogP contribution < -0.4 is 11.3 Å². The number of carboxylic acids is 1. The highest BCUT2D eigenvalue weighted by molar-refractivity contribution is 6.30. The fourth-order valence-corrected chi connectivity index (χ4v) is 2.64. The Morgan fingerprint density at radius 1 is 1.28 bits per heavy atom. The second kappa shape index (κ2) is 6.74. The highest BCUT2D eigenvalue weighted by Crippen LogP contribution is 2.23. The molecule has 0 radical (unpaired) electrons. The van der Waals surface area contributed by atoms with Crippen LogP contribution in [0.2, 0.25) is 5.02 Å². The Kier molecular flexibility index (Phi) is 4.49. The first kappa shape index (κ1) is 16.7. The number of benzene rings is 1. The lowest BCUT2D eigenvalue weighted by Crippen LogP contribution is -2.29. The van der Waals surface area contributed by atoms with Gasteiger partial charge in [-0.25, -0.2) is 9.48 Å². The van der Waals surface area contributed by atoms with Crippen molar-refractivity contribution >= 4 is 23.3 Å². The lowest BCUT2D eigenvalue weighted by atomic mass is 10.1. The topological polar surface area (TPSA) is 111 Å². The molecule has 2 heterocycles. The zero-order chi connectivity index (χ0) is 18.0. The first-order chi connectivity index (χ1) is 12.0. The second-order valence-electron chi connectivity index (χ2n) is 5.28. The van der Waals surface area contributed by atoms with E-state index in [-0.39, 0.29) is 23.5 Å². The van der Waals surface area contributed by atoms with Crippen LogP contribution in [0.4, 0.5) is 5.69 Å². The molecule has 3 N–H and O–H groups in total. The van der Waals surface area contributed by atoms with Gasteiger partial charge in [-0.2, -0.15) is 5.10 Å². The molecule has 3 aromatic rings. The van der Waals surface area contributed by atoms with Crippen LogP contribution in [0, 0.1) is 0 Å². The quantitative estimate of drug-likeness (QED) is 0.741. The van der Waals surface area contributed by atoms with Gasteiger partial charge in [0.05, 0.1) is 6.54 Å². The molecule has 0 aliphatic carbocycles. The van der Waals surface area contributed by atoms with Gasteiger partial charge >= 0.3 is 5.97 Å². The van der Waals surface area contributed by atoms with Crippen molar-refractivity contribution in [1.82, 2.24) is 14.8 Å². The molecule has 126 valence electrons. The maximum absolute atomic E-state index is 12.4. The van der Waals surface area contributed by atoms with E-state index in [1.807, 2.05) is 0 Å². The van der Waals surface area contributed by atoms with Crippen molar-refractivity contribution in [2.45, 2.75) is 6.54 Å². The lowest BCUT2D eigenvalue weighted by molar-refractivity contribution is 0.0698. The van der Waals surface area contributed by atoms with Crippen molar-refractivity contribution in [2.75, 3.05) is 5.73 Å². The number of aromatic carboxylic acids is 1. The van der Waals surface area contributed by atoms with Gasteiger partial charge in [-0.1, -0.05) is 23.7 Å². The van der Waals surface area contributed by atoms with Gasteiger partial charge in [0.15, 0.2) is 0 Å². The van der Waals surface area contributed by atoms with Crippen LogP contribution in [-0.4, -0.2) is 25.8 Å². The van der Waals surface area contributed by atoms with Crippen molar-refractivity contribution in [2.24, 2.45) is 0 Å². The van der Waals surface area contributed by atoms with Gasteiger partial charge in [0.2, 0.25) is 0 Å². The van der Waals surface area contributed by atoms with Gasteiger partial charge in [0, 0.05) is 23.0 Å². The molecule has 0 saturated carbocycles. The highest BCUT2D eigenvalue weighted by Gasteiger charge is 2.22. The van der Waals surface area contributed by atoms with Crippen LogP contribution in [0.1, 0.15) is 15.9 Å². The lowest BCUT2D eigenvalue weighted by Gasteiger charge is -2.12. The minimum Gasteiger partial charge on any atom is -0.478 e. The molecule has 1 aromatic carbocycles. The number of hydrogen-bond donors (Lipinski definition) is 2. The summed E-state index contributed by atoms with van der Waals surface area (Å²) >= 11 is 5.96. The zero-order valence-corrected chi connectivity index (χ0v) is 13.6. The SMILES string of the molecule is Nc1c(C(=O)O)c(-c2cccnc2)nn(Cc2cccc(Cl)c2)c1=O. The summed E-state index contributed by atoms with van der Waals surface area (Å²) in [5.74, 6) is -1.32. The van der Waals surface area contributed by atoms with Crippen LogP contribution in [0.3, 0.4) is 0 Å². The molecule has 0 atom stereocenters. The number of carbonyl (C=O) groups is 1. The molecule has 0 unspecified atom stereocenters. The molecule has 0 spiro atoms. The van der Waals surface area contributed by atoms with E-state index >= 15 is 0 Å². The monoisotopic (exact) mass is 356 g/mol. The predicted octanol–water partition coefficient (Wildman–Crippen LogP) is 2.29. The van der Waals surface area contributed by atoms with E-state index in [1.54, 1.807) is 42.6 Å². The average molecular weight is 357 g/mol. The molecule has 3 rings (SSSR count). The summed E-state index contributed by atoms with van der Waals surface area (Å²) in [6.07, 6.45) is 3.01. The van der Waals surface area contributed by atoms with Crippen LogP contribution in [-0.2, 0) is 6.54 Å². The molecule has 0 aliphatic heterocycles. The van der Waals surface area contributed by atoms with E-state index in [9.17, 15) is 14.7 Å². The first-order valence-electron chi connectivity index (χ1n) is 7.26. The Bertz CT molecular complexity index is 1000. The Morgan fingerprint density at radius 2 is 2.08 bits per heavy atom. The molecule has 0 bridgehead atoms. The standard InChI is InChI=1S/C17H13ClN4O3/c18-12-5-1-3-10(7-12)9-22-16(23)14(19)13(17(24)25)15(21-22)11-4-2-6-20-8-11/h1-8H,9,19H2,(H,24,25). The minimum atomic E-state index is -1.32. The summed E-state index contributed by atoms with van der Waals surface area (Å²) in [5.41, 5.74) is 5.70. The molecule has 25 heavy (non-hydrogen) atoms. The van der Waals surface area contributed by atoms with E-state index in [4.69, 9.17) is 17.3 Å². The fraction of sp³-hybridized carbons (Fsp3) is 0.0588. The van der Waals surface area contributed by atoms with Gasteiger partial charge in [0.25, 0.3) is 5.56 Å². The summed E-state index contributed by atoms with van der Waals surface area (Å²) in [7, 11) is 0. The van der Waals surface area contributed by atoms with Gasteiger partial charge in [0.1, 0.15) is 16.9 Å². The number of anilines is 1. The maximum atomic E-state index is 12.4. The van der Waals surface area contributed by atoms with Crippen LogP contribution in [0.15, 0.2) is 53.6 Å². The summed E-state index contributed by atoms with van der Waals surface area (Å²) in [4.78, 5) is 28.0. The third-order valence-corrected chi connectivity index (χ3v) is 3.80. The molecule has 0 fully saturated rings. The number of hydrogen-bond acceptors (Lipinski definition) is 5. The number of carboxylic acid groups (broad SMARTS) is 1. The number of rotatable bonds is 4. The van der Waals surface area contributed by atoms with Crippen molar-refractivity contribution in [3.63, 3.8) is 0 Å². The van der Waals surface area contributed by atoms with E-state index in [1.165, 1.54) is 6.20 Å². The third kappa shape index (κ3) is 3.36. The number of nitrogens with zero attached hydrogens (tertiary/aromatic N) is 3. The molecule has 0 saturated heterocycles. The van der Waals surface area contributed by atoms with Gasteiger partial charge in [-0.15, -0.1) is 0 Å². The summed E-state index contributed by atoms with van der Waals surface area (Å²) in [6.45, 7) is 0.108. The fourth-order valence-electron chi connectivity index (χ4n) is 2.43. The molecule has 8 heteroatoms. The summed E-state index contributed by atoms with van der Waals surface area (Å²) in [5, 5.41) is 14.2. The van der Waals surface area contributed by atoms with E-state index in [0.29, 0.717) is 10.6 Å². The highest BCUT2D eigenvalue weighted by atomic mass is 35.5. The van der Waals surface area contributed by atoms with E-state index in [0.717, 1.165) is 10.2 Å². The third-order valence-electron chi connectivity index (χ3n) is 3.56. The smallest absolute Gasteiger partial charge is 0.340 e. The Labute approximate surface area is 147 Å². The Morgan fingerprint density at radius 3 is 2.72 bits per heavy atom. The summed E-state index contributed by atoms with van der Waals surface area (Å²) in [6, 6.07) is 10.2. The van der Waals surface area contributed by atoms with Crippen LogP contribution in [0.25, 0.3) is 11.3 Å². The molecule has 2 aromatic heterocycles. The Hall–Kier alpha value is -3.19. The molecule has 7 nitrogen and oxygen atoms in total. The minimum absolute atomic E-state index is 0.0831. The molecule has 0 amide bonds. The van der Waals surface area contributed by atoms with Crippen molar-refractivity contribution in [1.29, 1.82) is 0 Å².